The molecule has 1 saturated carbocycles. The first-order chi connectivity index (χ1) is 18.5. The van der Waals surface area contributed by atoms with E-state index in [2.05, 4.69) is 58.3 Å². The Morgan fingerprint density at radius 3 is 2.66 bits per heavy atom. The lowest BCUT2D eigenvalue weighted by atomic mass is 10.0. The Balaban J connectivity index is 1.39. The topological polar surface area (TPSA) is 98.2 Å². The number of benzene rings is 2. The molecule has 0 bridgehead atoms. The number of aryl methyl sites for hydroxylation is 2. The standard InChI is InChI=1S/C29H34N6O3/c1-4-25(28-31-32-33-35(28)23-7-5-6-8-23)34(15-20-9-10-26-27(13-20)38-17-37-26)16-22-14-21-11-18(2)19(3)12-24(21)30-29(22)36/h9-14,23,25H,4-8,15-17H2,1-3H3,(H,30,36). The van der Waals surface area contributed by atoms with Gasteiger partial charge < -0.3 is 14.5 Å². The molecule has 1 aliphatic carbocycles. The molecule has 1 unspecified atom stereocenters. The fourth-order valence-corrected chi connectivity index (χ4v) is 5.84. The molecular formula is C29H34N6O3. The number of nitrogens with zero attached hydrogens (tertiary/aromatic N) is 5. The van der Waals surface area contributed by atoms with E-state index >= 15 is 0 Å². The number of hydrogen-bond donors (Lipinski definition) is 1. The molecule has 1 aliphatic heterocycles. The van der Waals surface area contributed by atoms with Gasteiger partial charge in [-0.05, 0) is 95.9 Å². The predicted molar refractivity (Wildman–Crippen MR) is 144 cm³/mol. The Hall–Kier alpha value is -3.72. The Kier molecular flexibility index (Phi) is 6.61. The summed E-state index contributed by atoms with van der Waals surface area (Å²) in [6, 6.07) is 12.5. The number of ether oxygens (including phenoxy) is 2. The van der Waals surface area contributed by atoms with E-state index in [4.69, 9.17) is 9.47 Å². The van der Waals surface area contributed by atoms with E-state index in [0.717, 1.165) is 64.2 Å². The minimum Gasteiger partial charge on any atom is -0.454 e. The molecule has 0 amide bonds. The average molecular weight is 515 g/mol. The van der Waals surface area contributed by atoms with Crippen LogP contribution in [-0.4, -0.2) is 36.9 Å². The lowest BCUT2D eigenvalue weighted by Gasteiger charge is -2.31. The number of aromatic nitrogens is 5. The maximum atomic E-state index is 13.3. The van der Waals surface area contributed by atoms with Crippen LogP contribution in [0.1, 0.15) is 79.2 Å². The molecule has 0 spiro atoms. The van der Waals surface area contributed by atoms with Crippen molar-refractivity contribution in [2.45, 2.75) is 78.0 Å². The van der Waals surface area contributed by atoms with Crippen LogP contribution in [0.4, 0.5) is 0 Å². The summed E-state index contributed by atoms with van der Waals surface area (Å²) in [5.41, 5.74) is 4.96. The number of pyridine rings is 1. The van der Waals surface area contributed by atoms with E-state index in [1.165, 1.54) is 18.4 Å². The molecule has 2 aromatic carbocycles. The summed E-state index contributed by atoms with van der Waals surface area (Å²) in [6.45, 7) is 7.62. The second-order valence-corrected chi connectivity index (χ2v) is 10.6. The highest BCUT2D eigenvalue weighted by molar-refractivity contribution is 5.80. The van der Waals surface area contributed by atoms with Crippen molar-refractivity contribution in [1.82, 2.24) is 30.1 Å². The van der Waals surface area contributed by atoms with Crippen LogP contribution in [-0.2, 0) is 13.1 Å². The third-order valence-electron chi connectivity index (χ3n) is 8.05. The van der Waals surface area contributed by atoms with Crippen molar-refractivity contribution in [1.29, 1.82) is 0 Å². The Labute approximate surface area is 221 Å². The number of H-pyrrole nitrogens is 1. The van der Waals surface area contributed by atoms with Gasteiger partial charge in [-0.25, -0.2) is 4.68 Å². The molecule has 2 aliphatic rings. The fourth-order valence-electron chi connectivity index (χ4n) is 5.84. The van der Waals surface area contributed by atoms with Gasteiger partial charge in [0.25, 0.3) is 5.56 Å². The third-order valence-corrected chi connectivity index (χ3v) is 8.05. The van der Waals surface area contributed by atoms with E-state index in [9.17, 15) is 4.79 Å². The molecule has 0 radical (unpaired) electrons. The quantitative estimate of drug-likeness (QED) is 0.348. The van der Waals surface area contributed by atoms with Gasteiger partial charge in [0.2, 0.25) is 6.79 Å². The average Bonchev–Trinajstić information content (AvgIpc) is 3.68. The van der Waals surface area contributed by atoms with E-state index in [0.29, 0.717) is 19.1 Å². The first-order valence-corrected chi connectivity index (χ1v) is 13.5. The molecule has 3 heterocycles. The maximum absolute atomic E-state index is 13.3. The molecule has 1 fully saturated rings. The van der Waals surface area contributed by atoms with Crippen molar-refractivity contribution < 1.29 is 9.47 Å². The van der Waals surface area contributed by atoms with Gasteiger partial charge in [0, 0.05) is 24.2 Å². The summed E-state index contributed by atoms with van der Waals surface area (Å²) in [5.74, 6) is 2.37. The van der Waals surface area contributed by atoms with Gasteiger partial charge in [-0.1, -0.05) is 25.8 Å². The Morgan fingerprint density at radius 1 is 1.05 bits per heavy atom. The molecule has 0 saturated heterocycles. The van der Waals surface area contributed by atoms with Gasteiger partial charge in [-0.2, -0.15) is 0 Å². The first-order valence-electron chi connectivity index (χ1n) is 13.5. The second-order valence-electron chi connectivity index (χ2n) is 10.6. The lowest BCUT2D eigenvalue weighted by Crippen LogP contribution is -2.32. The van der Waals surface area contributed by atoms with Gasteiger partial charge in [0.1, 0.15) is 0 Å². The number of fused-ring (bicyclic) bond motifs is 2. The summed E-state index contributed by atoms with van der Waals surface area (Å²) in [4.78, 5) is 18.7. The van der Waals surface area contributed by atoms with Crippen LogP contribution in [0.15, 0.2) is 41.2 Å². The van der Waals surface area contributed by atoms with Crippen LogP contribution in [0, 0.1) is 13.8 Å². The summed E-state index contributed by atoms with van der Waals surface area (Å²) >= 11 is 0. The fraction of sp³-hybridized carbons (Fsp3) is 0.448. The van der Waals surface area contributed by atoms with Crippen LogP contribution in [0.2, 0.25) is 0 Å². The molecule has 6 rings (SSSR count). The van der Waals surface area contributed by atoms with Crippen LogP contribution in [0.5, 0.6) is 11.5 Å². The predicted octanol–water partition coefficient (Wildman–Crippen LogP) is 5.13. The first kappa shape index (κ1) is 24.6. The van der Waals surface area contributed by atoms with E-state index in [1.54, 1.807) is 0 Å². The molecule has 2 aromatic heterocycles. The van der Waals surface area contributed by atoms with Crippen LogP contribution < -0.4 is 15.0 Å². The summed E-state index contributed by atoms with van der Waals surface area (Å²) in [7, 11) is 0. The molecule has 4 aromatic rings. The summed E-state index contributed by atoms with van der Waals surface area (Å²) < 4.78 is 13.2. The number of rotatable bonds is 8. The minimum absolute atomic E-state index is 0.0640. The van der Waals surface area contributed by atoms with Gasteiger partial charge in [0.05, 0.1) is 12.1 Å². The van der Waals surface area contributed by atoms with Gasteiger partial charge in [0.15, 0.2) is 17.3 Å². The zero-order valence-corrected chi connectivity index (χ0v) is 22.2. The third kappa shape index (κ3) is 4.67. The normalized spacial score (nSPS) is 16.1. The summed E-state index contributed by atoms with van der Waals surface area (Å²) in [5, 5.41) is 14.1. The Morgan fingerprint density at radius 2 is 1.84 bits per heavy atom. The minimum atomic E-state index is -0.0679. The lowest BCUT2D eigenvalue weighted by molar-refractivity contribution is 0.158. The number of aromatic amines is 1. The van der Waals surface area contributed by atoms with Crippen molar-refractivity contribution in [3.05, 3.63) is 74.8 Å². The number of tetrazole rings is 1. The molecule has 9 nitrogen and oxygen atoms in total. The van der Waals surface area contributed by atoms with Gasteiger partial charge in [-0.15, -0.1) is 5.10 Å². The molecular weight excluding hydrogens is 480 g/mol. The molecule has 1 N–H and O–H groups in total. The second kappa shape index (κ2) is 10.2. The smallest absolute Gasteiger partial charge is 0.252 e. The zero-order chi connectivity index (χ0) is 26.2. The molecule has 1 atom stereocenters. The van der Waals surface area contributed by atoms with Crippen LogP contribution >= 0.6 is 0 Å². The number of hydrogen-bond acceptors (Lipinski definition) is 7. The highest BCUT2D eigenvalue weighted by atomic mass is 16.7. The van der Waals surface area contributed by atoms with E-state index in [1.807, 2.05) is 28.9 Å². The Bertz CT molecular complexity index is 1520. The highest BCUT2D eigenvalue weighted by Gasteiger charge is 2.30. The van der Waals surface area contributed by atoms with Gasteiger partial charge in [-0.3, -0.25) is 9.69 Å². The monoisotopic (exact) mass is 514 g/mol. The van der Waals surface area contributed by atoms with E-state index < -0.39 is 0 Å². The number of nitrogens with one attached hydrogen (secondary N) is 1. The SMILES string of the molecule is CCC(c1nnnn1C1CCCC1)N(Cc1ccc2c(c1)OCO2)Cc1cc2cc(C)c(C)cc2[nH]c1=O. The van der Waals surface area contributed by atoms with Crippen molar-refractivity contribution in [3.63, 3.8) is 0 Å². The van der Waals surface area contributed by atoms with Gasteiger partial charge >= 0.3 is 0 Å². The van der Waals surface area contributed by atoms with Crippen LogP contribution in [0.25, 0.3) is 10.9 Å². The molecule has 198 valence electrons. The maximum Gasteiger partial charge on any atom is 0.252 e. The summed E-state index contributed by atoms with van der Waals surface area (Å²) in [6.07, 6.45) is 5.40. The van der Waals surface area contributed by atoms with Crippen molar-refractivity contribution in [3.8, 4) is 11.5 Å². The molecule has 9 heteroatoms. The van der Waals surface area contributed by atoms with E-state index in [-0.39, 0.29) is 18.4 Å². The molecule has 38 heavy (non-hydrogen) atoms. The highest BCUT2D eigenvalue weighted by Crippen LogP contribution is 2.36. The van der Waals surface area contributed by atoms with Crippen molar-refractivity contribution in [2.75, 3.05) is 6.79 Å². The largest absolute Gasteiger partial charge is 0.454 e. The zero-order valence-electron chi connectivity index (χ0n) is 22.2. The van der Waals surface area contributed by atoms with Crippen molar-refractivity contribution >= 4 is 10.9 Å². The van der Waals surface area contributed by atoms with Crippen molar-refractivity contribution in [2.24, 2.45) is 0 Å². The van der Waals surface area contributed by atoms with Crippen LogP contribution in [0.3, 0.4) is 0 Å².